The Hall–Kier alpha value is 1.10. The molecule has 0 aliphatic heterocycles. The first-order valence-electron chi connectivity index (χ1n) is 1.90. The fourth-order valence-electron chi connectivity index (χ4n) is 0.144. The molecule has 5 heavy (non-hydrogen) atoms. The van der Waals surface area contributed by atoms with Crippen LogP contribution in [0.15, 0.2) is 0 Å². The summed E-state index contributed by atoms with van der Waals surface area (Å²) in [6, 6.07) is 1.51. The fourth-order valence-corrected chi connectivity index (χ4v) is 2.56. The molecule has 0 saturated heterocycles. The summed E-state index contributed by atoms with van der Waals surface area (Å²) in [5.41, 5.74) is 0. The Morgan fingerprint density at radius 2 is 2.40 bits per heavy atom. The molecule has 0 heterocycles. The summed E-state index contributed by atoms with van der Waals surface area (Å²) in [5, 5.41) is 0. The van der Waals surface area contributed by atoms with Crippen molar-refractivity contribution in [1.82, 2.24) is 0 Å². The van der Waals surface area contributed by atoms with Crippen molar-refractivity contribution in [3.63, 3.8) is 0 Å². The van der Waals surface area contributed by atoms with Crippen LogP contribution in [-0.2, 0) is 23.3 Å². The van der Waals surface area contributed by atoms with Crippen molar-refractivity contribution in [1.29, 1.82) is 0 Å². The topological polar surface area (TPSA) is 0 Å². The summed E-state index contributed by atoms with van der Waals surface area (Å²) in [7, 11) is 0. The zero-order chi connectivity index (χ0) is 4.12. The van der Waals surface area contributed by atoms with Crippen molar-refractivity contribution in [2.45, 2.75) is 19.4 Å². The van der Waals surface area contributed by atoms with E-state index in [9.17, 15) is 0 Å². The standard InChI is InChI=1S/C3H8Si.Zr/c1-2-3-4;/h4H,2-3H2,1H3;/q;+2. The second-order valence-corrected chi connectivity index (χ2v) is 4.99. The van der Waals surface area contributed by atoms with Crippen LogP contribution in [0.1, 0.15) is 13.3 Å². The number of rotatable bonds is 2. The van der Waals surface area contributed by atoms with Gasteiger partial charge in [0.15, 0.2) is 0 Å². The molecule has 0 atom stereocenters. The van der Waals surface area contributed by atoms with Crippen molar-refractivity contribution >= 4 is 6.16 Å². The van der Waals surface area contributed by atoms with Gasteiger partial charge in [0.2, 0.25) is 0 Å². The Balaban J connectivity index is 2.40. The molecule has 0 N–H and O–H groups in total. The summed E-state index contributed by atoms with van der Waals surface area (Å²) in [6.45, 7) is 2.25. The van der Waals surface area contributed by atoms with Crippen molar-refractivity contribution in [2.24, 2.45) is 0 Å². The summed E-state index contributed by atoms with van der Waals surface area (Å²) < 4.78 is 0. The van der Waals surface area contributed by atoms with Crippen LogP contribution in [0.2, 0.25) is 6.04 Å². The van der Waals surface area contributed by atoms with E-state index < -0.39 is 0 Å². The van der Waals surface area contributed by atoms with Gasteiger partial charge in [-0.2, -0.15) is 0 Å². The zero-order valence-electron chi connectivity index (χ0n) is 3.49. The minimum absolute atomic E-state index is 0.876. The Labute approximate surface area is 48.9 Å². The molecule has 0 bridgehead atoms. The van der Waals surface area contributed by atoms with E-state index >= 15 is 0 Å². The van der Waals surface area contributed by atoms with Crippen LogP contribution < -0.4 is 0 Å². The van der Waals surface area contributed by atoms with Crippen LogP contribution in [0.25, 0.3) is 0 Å². The summed E-state index contributed by atoms with van der Waals surface area (Å²) >= 11 is 1.77. The van der Waals surface area contributed by atoms with Crippen molar-refractivity contribution in [3.05, 3.63) is 0 Å². The van der Waals surface area contributed by atoms with Crippen LogP contribution in [-0.4, -0.2) is 6.16 Å². The van der Waals surface area contributed by atoms with Gasteiger partial charge < -0.3 is 0 Å². The Morgan fingerprint density at radius 1 is 1.80 bits per heavy atom. The van der Waals surface area contributed by atoms with Crippen molar-refractivity contribution in [2.75, 3.05) is 0 Å². The monoisotopic (exact) mass is 162 g/mol. The van der Waals surface area contributed by atoms with Gasteiger partial charge in [-0.3, -0.25) is 0 Å². The van der Waals surface area contributed by atoms with E-state index in [0.29, 0.717) is 0 Å². The Bertz CT molecular complexity index is 28.1. The van der Waals surface area contributed by atoms with E-state index in [-0.39, 0.29) is 0 Å². The van der Waals surface area contributed by atoms with Gasteiger partial charge in [-0.05, 0) is 0 Å². The van der Waals surface area contributed by atoms with Gasteiger partial charge in [-0.15, -0.1) is 0 Å². The van der Waals surface area contributed by atoms with E-state index in [1.54, 1.807) is 23.3 Å². The average Bonchev–Trinajstić information content (AvgIpc) is 1.41. The van der Waals surface area contributed by atoms with Gasteiger partial charge in [0.25, 0.3) is 0 Å². The molecule has 0 aromatic carbocycles. The average molecular weight is 163 g/mol. The summed E-state index contributed by atoms with van der Waals surface area (Å²) in [6.07, 6.45) is 2.28. The third kappa shape index (κ3) is 5.10. The molecule has 26 valence electrons. The normalized spacial score (nSPS) is 7.80. The van der Waals surface area contributed by atoms with E-state index in [4.69, 9.17) is 0 Å². The summed E-state index contributed by atoms with van der Waals surface area (Å²) in [5.74, 6) is 0. The molecule has 0 aromatic rings. The molecule has 0 nitrogen and oxygen atoms in total. The fraction of sp³-hybridized carbons (Fsp3) is 1.00. The van der Waals surface area contributed by atoms with Crippen LogP contribution in [0.3, 0.4) is 0 Å². The van der Waals surface area contributed by atoms with Crippen LogP contribution in [0, 0.1) is 0 Å². The van der Waals surface area contributed by atoms with E-state index in [2.05, 4.69) is 6.92 Å². The Kier molecular flexibility index (Phi) is 6.22. The number of hydrogen-bond acceptors (Lipinski definition) is 0. The summed E-state index contributed by atoms with van der Waals surface area (Å²) in [4.78, 5) is 0. The molecule has 0 unspecified atom stereocenters. The molecule has 0 aromatic heterocycles. The predicted octanol–water partition coefficient (Wildman–Crippen LogP) is 0.713. The molecular weight excluding hydrogens is 155 g/mol. The molecule has 2 heteroatoms. The van der Waals surface area contributed by atoms with Crippen LogP contribution in [0.4, 0.5) is 0 Å². The van der Waals surface area contributed by atoms with Gasteiger partial charge in [0, 0.05) is 0 Å². The van der Waals surface area contributed by atoms with Gasteiger partial charge in [-0.1, -0.05) is 0 Å². The van der Waals surface area contributed by atoms with Crippen molar-refractivity contribution in [3.8, 4) is 0 Å². The molecule has 0 rings (SSSR count). The maximum absolute atomic E-state index is 2.25. The second kappa shape index (κ2) is 5.10. The molecule has 0 fully saturated rings. The van der Waals surface area contributed by atoms with Gasteiger partial charge in [0.05, 0.1) is 0 Å². The van der Waals surface area contributed by atoms with E-state index in [1.807, 2.05) is 0 Å². The number of hydrogen-bond donors (Lipinski definition) is 0. The quantitative estimate of drug-likeness (QED) is 0.526. The molecular formula is C3H8SiZr+2. The van der Waals surface area contributed by atoms with Gasteiger partial charge in [-0.25, -0.2) is 0 Å². The van der Waals surface area contributed by atoms with Crippen LogP contribution >= 0.6 is 0 Å². The van der Waals surface area contributed by atoms with Crippen molar-refractivity contribution < 1.29 is 23.3 Å². The van der Waals surface area contributed by atoms with E-state index in [0.717, 1.165) is 6.16 Å². The van der Waals surface area contributed by atoms with E-state index in [1.165, 1.54) is 12.5 Å². The van der Waals surface area contributed by atoms with Gasteiger partial charge in [0.1, 0.15) is 0 Å². The first-order valence-corrected chi connectivity index (χ1v) is 7.56. The predicted molar refractivity (Wildman–Crippen MR) is 22.2 cm³/mol. The SMILES string of the molecule is CCC[SiH]=[Zr+2]. The minimum atomic E-state index is 0.876. The Morgan fingerprint density at radius 3 is 2.40 bits per heavy atom. The maximum atomic E-state index is 2.25. The zero-order valence-corrected chi connectivity index (χ0v) is 7.10. The first-order chi connectivity index (χ1) is 2.41. The third-order valence-corrected chi connectivity index (χ3v) is 3.43. The van der Waals surface area contributed by atoms with Crippen LogP contribution in [0.5, 0.6) is 0 Å². The molecule has 0 amide bonds. The first kappa shape index (κ1) is 6.10. The molecule has 0 radical (unpaired) electrons. The molecule has 0 saturated carbocycles. The van der Waals surface area contributed by atoms with Gasteiger partial charge >= 0.3 is 48.9 Å². The third-order valence-electron chi connectivity index (χ3n) is 0.433. The molecule has 0 aliphatic carbocycles. The molecule has 0 aliphatic rings. The second-order valence-electron chi connectivity index (χ2n) is 0.993. The molecule has 0 spiro atoms.